The second kappa shape index (κ2) is 10.5. The van der Waals surface area contributed by atoms with Gasteiger partial charge < -0.3 is 9.84 Å². The molecule has 1 fully saturated rings. The molecule has 11 heteroatoms. The quantitative estimate of drug-likeness (QED) is 0.272. The zero-order valence-electron chi connectivity index (χ0n) is 20.7. The van der Waals surface area contributed by atoms with E-state index in [2.05, 4.69) is 21.5 Å². The fourth-order valence-corrected chi connectivity index (χ4v) is 6.13. The maximum atomic E-state index is 12.7. The molecule has 5 rings (SSSR count). The Morgan fingerprint density at radius 3 is 2.28 bits per heavy atom. The van der Waals surface area contributed by atoms with Crippen molar-refractivity contribution in [2.24, 2.45) is 0 Å². The lowest BCUT2D eigenvalue weighted by molar-refractivity contribution is -0.115. The lowest BCUT2D eigenvalue weighted by atomic mass is 9.95. The van der Waals surface area contributed by atoms with Gasteiger partial charge in [-0.3, -0.25) is 4.79 Å². The Kier molecular flexibility index (Phi) is 7.21. The molecule has 0 saturated heterocycles. The number of hydrogen-bond donors (Lipinski definition) is 1. The van der Waals surface area contributed by atoms with Gasteiger partial charge in [0.05, 0.1) is 34.1 Å². The van der Waals surface area contributed by atoms with Gasteiger partial charge in [-0.25, -0.2) is 8.42 Å². The highest BCUT2D eigenvalue weighted by molar-refractivity contribution is 7.91. The van der Waals surface area contributed by atoms with Crippen molar-refractivity contribution >= 4 is 44.6 Å². The molecule has 4 aromatic rings. The number of carbonyl (C=O) groups excluding carboxylic acids is 1. The smallest absolute Gasteiger partial charge is 0.237 e. The average molecular weight is 581 g/mol. The van der Waals surface area contributed by atoms with E-state index in [9.17, 15) is 13.2 Å². The van der Waals surface area contributed by atoms with Crippen molar-refractivity contribution in [2.45, 2.75) is 36.5 Å². The van der Waals surface area contributed by atoms with E-state index in [4.69, 9.17) is 33.0 Å². The van der Waals surface area contributed by atoms with Crippen molar-refractivity contribution in [3.8, 4) is 17.5 Å². The molecule has 1 aromatic heterocycles. The van der Waals surface area contributed by atoms with Gasteiger partial charge in [-0.2, -0.15) is 10.2 Å². The highest BCUT2D eigenvalue weighted by atomic mass is 35.5. The molecular formula is C28H22Cl2N4O4S. The molecule has 1 N–H and O–H groups in total. The van der Waals surface area contributed by atoms with Crippen molar-refractivity contribution in [1.29, 1.82) is 5.26 Å². The number of hydrogen-bond acceptors (Lipinski definition) is 7. The van der Waals surface area contributed by atoms with E-state index in [-0.39, 0.29) is 23.0 Å². The fraction of sp³-hybridized carbons (Fsp3) is 0.214. The molecule has 0 radical (unpaired) electrons. The molecule has 0 atom stereocenters. The first-order chi connectivity index (χ1) is 18.6. The van der Waals surface area contributed by atoms with Crippen molar-refractivity contribution in [3.05, 3.63) is 93.3 Å². The first kappa shape index (κ1) is 26.9. The zero-order chi connectivity index (χ0) is 27.8. The predicted octanol–water partition coefficient (Wildman–Crippen LogP) is 5.97. The molecule has 1 amide bonds. The summed E-state index contributed by atoms with van der Waals surface area (Å²) in [6.07, 6.45) is 1.49. The normalized spacial score (nSPS) is 14.0. The van der Waals surface area contributed by atoms with Crippen LogP contribution in [0.15, 0.2) is 70.1 Å². The first-order valence-electron chi connectivity index (χ1n) is 12.1. The van der Waals surface area contributed by atoms with Crippen LogP contribution in [0.25, 0.3) is 11.4 Å². The molecule has 3 aromatic carbocycles. The van der Waals surface area contributed by atoms with E-state index < -0.39 is 15.3 Å². The molecule has 0 unspecified atom stereocenters. The van der Waals surface area contributed by atoms with Crippen LogP contribution in [0.3, 0.4) is 0 Å². The number of aromatic nitrogens is 2. The summed E-state index contributed by atoms with van der Waals surface area (Å²) in [5, 5.41) is 16.6. The van der Waals surface area contributed by atoms with Crippen molar-refractivity contribution in [3.63, 3.8) is 0 Å². The highest BCUT2D eigenvalue weighted by Crippen LogP contribution is 2.57. The maximum Gasteiger partial charge on any atom is 0.237 e. The number of nitrogens with one attached hydrogen (secondary N) is 1. The van der Waals surface area contributed by atoms with Crippen LogP contribution in [0.2, 0.25) is 10.0 Å². The molecule has 0 bridgehead atoms. The topological polar surface area (TPSA) is 126 Å². The van der Waals surface area contributed by atoms with E-state index >= 15 is 0 Å². The summed E-state index contributed by atoms with van der Waals surface area (Å²) < 4.78 is 29.6. The third-order valence-corrected chi connectivity index (χ3v) is 9.04. The summed E-state index contributed by atoms with van der Waals surface area (Å²) in [6.45, 7) is 1.58. The third kappa shape index (κ3) is 5.41. The van der Waals surface area contributed by atoms with E-state index in [1.165, 1.54) is 12.1 Å². The average Bonchev–Trinajstić information content (AvgIpc) is 3.54. The van der Waals surface area contributed by atoms with Crippen LogP contribution in [0.4, 0.5) is 5.69 Å². The summed E-state index contributed by atoms with van der Waals surface area (Å²) in [5.41, 5.74) is 2.40. The minimum Gasteiger partial charge on any atom is -0.338 e. The number of anilines is 1. The summed E-state index contributed by atoms with van der Waals surface area (Å²) in [7, 11) is -3.30. The second-order valence-electron chi connectivity index (χ2n) is 9.28. The Morgan fingerprint density at radius 1 is 1.08 bits per heavy atom. The molecule has 0 aliphatic heterocycles. The maximum absolute atomic E-state index is 12.7. The van der Waals surface area contributed by atoms with Crippen LogP contribution in [0, 0.1) is 11.3 Å². The predicted molar refractivity (Wildman–Crippen MR) is 147 cm³/mol. The summed E-state index contributed by atoms with van der Waals surface area (Å²) in [5.74, 6) is 0.510. The van der Waals surface area contributed by atoms with Gasteiger partial charge in [-0.15, -0.1) is 0 Å². The standard InChI is InChI=1S/C28H22Cl2N4O4S/c1-2-39(36,37)21-9-5-17(6-10-21)13-24(35)32-20-14-22(29)25(23(30)15-20)28(11-12-28)27-33-26(34-38-27)19-7-3-18(16-31)4-8-19/h3-10,14-15H,2,11-13H2,1H3,(H,32,35). The monoisotopic (exact) mass is 580 g/mol. The van der Waals surface area contributed by atoms with Crippen LogP contribution in [-0.2, 0) is 26.5 Å². The Hall–Kier alpha value is -3.71. The number of nitriles is 1. The minimum absolute atomic E-state index is 0.0103. The van der Waals surface area contributed by atoms with Gasteiger partial charge in [0.1, 0.15) is 0 Å². The summed E-state index contributed by atoms with van der Waals surface area (Å²) >= 11 is 13.3. The van der Waals surface area contributed by atoms with Gasteiger partial charge in [0.2, 0.25) is 17.6 Å². The van der Waals surface area contributed by atoms with E-state index in [0.717, 1.165) is 18.4 Å². The van der Waals surface area contributed by atoms with Crippen molar-refractivity contribution in [1.82, 2.24) is 10.1 Å². The van der Waals surface area contributed by atoms with Gasteiger partial charge in [0.25, 0.3) is 0 Å². The fourth-order valence-electron chi connectivity index (χ4n) is 4.40. The van der Waals surface area contributed by atoms with E-state index in [1.807, 2.05) is 0 Å². The van der Waals surface area contributed by atoms with Gasteiger partial charge >= 0.3 is 0 Å². The molecular weight excluding hydrogens is 559 g/mol. The van der Waals surface area contributed by atoms with E-state index in [0.29, 0.717) is 44.1 Å². The molecule has 0 spiro atoms. The minimum atomic E-state index is -3.30. The van der Waals surface area contributed by atoms with Crippen LogP contribution in [0.1, 0.15) is 42.3 Å². The number of amides is 1. The SMILES string of the molecule is CCS(=O)(=O)c1ccc(CC(=O)Nc2cc(Cl)c(C3(c4nc(-c5ccc(C#N)cc5)no4)CC3)c(Cl)c2)cc1. The van der Waals surface area contributed by atoms with Crippen LogP contribution in [0.5, 0.6) is 0 Å². The Labute approximate surface area is 235 Å². The van der Waals surface area contributed by atoms with Crippen LogP contribution < -0.4 is 5.32 Å². The van der Waals surface area contributed by atoms with Gasteiger partial charge in [-0.1, -0.05) is 47.4 Å². The number of benzene rings is 3. The molecule has 8 nitrogen and oxygen atoms in total. The Balaban J connectivity index is 1.32. The molecule has 1 aliphatic rings. The summed E-state index contributed by atoms with van der Waals surface area (Å²) in [4.78, 5) is 17.5. The Morgan fingerprint density at radius 2 is 1.72 bits per heavy atom. The molecule has 1 aliphatic carbocycles. The van der Waals surface area contributed by atoms with Crippen LogP contribution >= 0.6 is 23.2 Å². The Bertz CT molecular complexity index is 1680. The number of rotatable bonds is 8. The lowest BCUT2D eigenvalue weighted by Crippen LogP contribution is -2.16. The van der Waals surface area contributed by atoms with Crippen LogP contribution in [-0.4, -0.2) is 30.2 Å². The number of halogens is 2. The van der Waals surface area contributed by atoms with Gasteiger partial charge in [0, 0.05) is 26.9 Å². The molecule has 1 heterocycles. The number of nitrogens with zero attached hydrogens (tertiary/aromatic N) is 3. The highest BCUT2D eigenvalue weighted by Gasteiger charge is 2.53. The largest absolute Gasteiger partial charge is 0.338 e. The van der Waals surface area contributed by atoms with E-state index in [1.54, 1.807) is 55.5 Å². The van der Waals surface area contributed by atoms with Gasteiger partial charge in [-0.05, 0) is 66.9 Å². The molecule has 39 heavy (non-hydrogen) atoms. The number of carbonyl (C=O) groups is 1. The number of sulfone groups is 1. The third-order valence-electron chi connectivity index (χ3n) is 6.69. The van der Waals surface area contributed by atoms with Crippen molar-refractivity contribution < 1.29 is 17.7 Å². The lowest BCUT2D eigenvalue weighted by Gasteiger charge is -2.17. The molecule has 198 valence electrons. The second-order valence-corrected chi connectivity index (χ2v) is 12.4. The zero-order valence-corrected chi connectivity index (χ0v) is 23.1. The van der Waals surface area contributed by atoms with Crippen molar-refractivity contribution in [2.75, 3.05) is 11.1 Å². The molecule has 1 saturated carbocycles. The van der Waals surface area contributed by atoms with Gasteiger partial charge in [0.15, 0.2) is 9.84 Å². The summed E-state index contributed by atoms with van der Waals surface area (Å²) in [6, 6.07) is 18.5. The first-order valence-corrected chi connectivity index (χ1v) is 14.5.